The van der Waals surface area contributed by atoms with Crippen molar-refractivity contribution in [2.75, 3.05) is 19.6 Å². The number of hydrogen-bond donors (Lipinski definition) is 3. The predicted octanol–water partition coefficient (Wildman–Crippen LogP) is 4.35. The van der Waals surface area contributed by atoms with Crippen molar-refractivity contribution in [3.63, 3.8) is 0 Å². The molecule has 0 aromatic heterocycles. The van der Waals surface area contributed by atoms with Crippen LogP contribution in [0, 0.1) is 0 Å². The average molecular weight is 548 g/mol. The molecule has 2 rings (SSSR count). The third kappa shape index (κ3) is 9.17. The molecule has 0 saturated carbocycles. The van der Waals surface area contributed by atoms with Gasteiger partial charge >= 0.3 is 0 Å². The van der Waals surface area contributed by atoms with E-state index in [1.807, 2.05) is 37.8 Å². The lowest BCUT2D eigenvalue weighted by molar-refractivity contribution is -0.128. The second-order valence-corrected chi connectivity index (χ2v) is 10.4. The van der Waals surface area contributed by atoms with Gasteiger partial charge in [-0.15, -0.1) is 0 Å². The van der Waals surface area contributed by atoms with Crippen LogP contribution < -0.4 is 16.0 Å². The van der Waals surface area contributed by atoms with Gasteiger partial charge in [0.05, 0.1) is 0 Å². The third-order valence-corrected chi connectivity index (χ3v) is 6.90. The molecule has 1 heterocycles. The van der Waals surface area contributed by atoms with E-state index in [9.17, 15) is 14.4 Å². The molecule has 3 N–H and O–H groups in total. The Kier molecular flexibility index (Phi) is 11.0. The van der Waals surface area contributed by atoms with E-state index in [-0.39, 0.29) is 30.2 Å². The number of carbonyl (C=O) groups is 3. The van der Waals surface area contributed by atoms with E-state index in [0.29, 0.717) is 24.2 Å². The summed E-state index contributed by atoms with van der Waals surface area (Å²) in [7, 11) is 0. The highest BCUT2D eigenvalue weighted by Crippen LogP contribution is 2.26. The minimum absolute atomic E-state index is 0.118. The van der Waals surface area contributed by atoms with Crippen LogP contribution in [-0.4, -0.2) is 48.3 Å². The Balaban J connectivity index is 2.11. The first kappa shape index (κ1) is 28.6. The summed E-state index contributed by atoms with van der Waals surface area (Å²) < 4.78 is 0.919. The van der Waals surface area contributed by atoms with Gasteiger partial charge in [0.25, 0.3) is 0 Å². The number of carbonyl (C=O) groups excluding carboxylic acids is 3. The van der Waals surface area contributed by atoms with Crippen molar-refractivity contribution < 1.29 is 14.4 Å². The Bertz CT molecular complexity index is 986. The Hall–Kier alpha value is -2.61. The fraction of sp³-hybridized carbons (Fsp3) is 0.519. The normalized spacial score (nSPS) is 18.5. The molecule has 1 fully saturated rings. The summed E-state index contributed by atoms with van der Waals surface area (Å²) in [5.41, 5.74) is 4.99. The summed E-state index contributed by atoms with van der Waals surface area (Å²) in [6, 6.07) is 0.229. The molecule has 1 aliphatic heterocycles. The quantitative estimate of drug-likeness (QED) is 0.394. The number of hydrogen-bond acceptors (Lipinski definition) is 4. The second-order valence-electron chi connectivity index (χ2n) is 9.52. The highest BCUT2D eigenvalue weighted by Gasteiger charge is 2.22. The summed E-state index contributed by atoms with van der Waals surface area (Å²) in [4.78, 5) is 39.1. The van der Waals surface area contributed by atoms with Crippen molar-refractivity contribution in [2.45, 2.75) is 72.8 Å². The van der Waals surface area contributed by atoms with Gasteiger partial charge in [0, 0.05) is 60.5 Å². The first-order valence-corrected chi connectivity index (χ1v) is 13.0. The lowest BCUT2D eigenvalue weighted by Crippen LogP contribution is -2.33. The van der Waals surface area contributed by atoms with E-state index in [4.69, 9.17) is 0 Å². The molecule has 1 saturated heterocycles. The molecule has 0 aromatic rings. The molecular formula is C27H39BrN4O3. The standard InChI is InChI=1S/C27H39BrN4O3/c1-17(2)21(14-26(34)30-18(3)4)16-29-27(35)24-10-9-22(28)15-25(19(24)5)31-23-8-7-12-32(13-11-23)20(6)33/h9,15,23,31H,3,7-8,10-14,16H2,1-2,4-6H3,(H,29,35)(H,30,34). The van der Waals surface area contributed by atoms with Gasteiger partial charge in [0.1, 0.15) is 0 Å². The molecule has 192 valence electrons. The van der Waals surface area contributed by atoms with Crippen molar-refractivity contribution >= 4 is 33.7 Å². The molecule has 2 aliphatic rings. The maximum absolute atomic E-state index is 13.2. The fourth-order valence-electron chi connectivity index (χ4n) is 4.19. The van der Waals surface area contributed by atoms with Crippen LogP contribution in [0.25, 0.3) is 0 Å². The maximum atomic E-state index is 13.2. The summed E-state index contributed by atoms with van der Waals surface area (Å²) in [6.45, 7) is 14.7. The molecule has 1 unspecified atom stereocenters. The zero-order valence-electron chi connectivity index (χ0n) is 21.6. The van der Waals surface area contributed by atoms with E-state index in [1.54, 1.807) is 13.8 Å². The van der Waals surface area contributed by atoms with Gasteiger partial charge in [0.2, 0.25) is 17.7 Å². The van der Waals surface area contributed by atoms with Gasteiger partial charge in [-0.2, -0.15) is 0 Å². The van der Waals surface area contributed by atoms with Crippen LogP contribution in [0.2, 0.25) is 0 Å². The molecule has 3 amide bonds. The van der Waals surface area contributed by atoms with Gasteiger partial charge in [0.15, 0.2) is 0 Å². The van der Waals surface area contributed by atoms with E-state index >= 15 is 0 Å². The van der Waals surface area contributed by atoms with Gasteiger partial charge < -0.3 is 20.9 Å². The number of nitrogens with zero attached hydrogens (tertiary/aromatic N) is 1. The Morgan fingerprint density at radius 1 is 1.14 bits per heavy atom. The second kappa shape index (κ2) is 13.5. The Morgan fingerprint density at radius 2 is 1.86 bits per heavy atom. The zero-order valence-corrected chi connectivity index (χ0v) is 23.2. The number of rotatable bonds is 8. The van der Waals surface area contributed by atoms with Gasteiger partial charge in [-0.05, 0) is 70.6 Å². The zero-order chi connectivity index (χ0) is 26.1. The van der Waals surface area contributed by atoms with Crippen LogP contribution >= 0.6 is 15.9 Å². The topological polar surface area (TPSA) is 90.5 Å². The molecule has 0 spiro atoms. The van der Waals surface area contributed by atoms with E-state index < -0.39 is 0 Å². The highest BCUT2D eigenvalue weighted by molar-refractivity contribution is 9.11. The van der Waals surface area contributed by atoms with Crippen molar-refractivity contribution in [3.8, 4) is 0 Å². The molecule has 8 heteroatoms. The van der Waals surface area contributed by atoms with Gasteiger partial charge in [-0.1, -0.05) is 34.2 Å². The number of allylic oxidation sites excluding steroid dienone is 6. The number of likely N-dealkylation sites (tertiary alicyclic amines) is 1. The minimum atomic E-state index is -0.142. The summed E-state index contributed by atoms with van der Waals surface area (Å²) in [6.07, 6.45) is 7.50. The van der Waals surface area contributed by atoms with Crippen molar-refractivity contribution in [3.05, 3.63) is 56.9 Å². The molecule has 1 aliphatic carbocycles. The molecule has 35 heavy (non-hydrogen) atoms. The van der Waals surface area contributed by atoms with E-state index in [2.05, 4.69) is 38.5 Å². The molecule has 7 nitrogen and oxygen atoms in total. The van der Waals surface area contributed by atoms with Crippen molar-refractivity contribution in [2.24, 2.45) is 0 Å². The smallest absolute Gasteiger partial charge is 0.248 e. The summed E-state index contributed by atoms with van der Waals surface area (Å²) >= 11 is 3.59. The molecule has 0 aromatic carbocycles. The SMILES string of the molecule is C=C(C)NC(=O)CC(CNC(=O)C1=C(C)C(NC2CCCN(C(C)=O)CC2)=CC(Br)=CC1)=C(C)C. The Morgan fingerprint density at radius 3 is 2.49 bits per heavy atom. The maximum Gasteiger partial charge on any atom is 0.248 e. The van der Waals surface area contributed by atoms with Crippen LogP contribution in [0.1, 0.15) is 66.7 Å². The lowest BCUT2D eigenvalue weighted by Gasteiger charge is -2.22. The first-order valence-electron chi connectivity index (χ1n) is 12.2. The van der Waals surface area contributed by atoms with E-state index in [0.717, 1.165) is 59.3 Å². The molecule has 1 atom stereocenters. The number of halogens is 1. The highest BCUT2D eigenvalue weighted by atomic mass is 79.9. The average Bonchev–Trinajstić information content (AvgIpc) is 3.07. The van der Waals surface area contributed by atoms with Crippen molar-refractivity contribution in [1.82, 2.24) is 20.9 Å². The fourth-order valence-corrected chi connectivity index (χ4v) is 4.59. The minimum Gasteiger partial charge on any atom is -0.382 e. The van der Waals surface area contributed by atoms with Crippen LogP contribution in [0.3, 0.4) is 0 Å². The number of nitrogens with one attached hydrogen (secondary N) is 3. The predicted molar refractivity (Wildman–Crippen MR) is 144 cm³/mol. The van der Waals surface area contributed by atoms with Crippen LogP contribution in [0.15, 0.2) is 56.9 Å². The molecule has 0 bridgehead atoms. The van der Waals surface area contributed by atoms with Crippen LogP contribution in [0.5, 0.6) is 0 Å². The Labute approximate surface area is 218 Å². The number of amides is 3. The van der Waals surface area contributed by atoms with Gasteiger partial charge in [-0.25, -0.2) is 0 Å². The lowest BCUT2D eigenvalue weighted by atomic mass is 10.0. The molecule has 0 radical (unpaired) electrons. The first-order chi connectivity index (χ1) is 16.5. The van der Waals surface area contributed by atoms with Crippen molar-refractivity contribution in [1.29, 1.82) is 0 Å². The summed E-state index contributed by atoms with van der Waals surface area (Å²) in [5.74, 6) is -0.162. The largest absolute Gasteiger partial charge is 0.382 e. The van der Waals surface area contributed by atoms with E-state index in [1.165, 1.54) is 0 Å². The van der Waals surface area contributed by atoms with Crippen LogP contribution in [0.4, 0.5) is 0 Å². The monoisotopic (exact) mass is 546 g/mol. The summed E-state index contributed by atoms with van der Waals surface area (Å²) in [5, 5.41) is 9.37. The van der Waals surface area contributed by atoms with Crippen LogP contribution in [-0.2, 0) is 14.4 Å². The van der Waals surface area contributed by atoms with Gasteiger partial charge in [-0.3, -0.25) is 14.4 Å². The molecular weight excluding hydrogens is 508 g/mol. The third-order valence-electron chi connectivity index (χ3n) is 6.34.